The zero-order valence-electron chi connectivity index (χ0n) is 6.00. The van der Waals surface area contributed by atoms with Gasteiger partial charge in [0.05, 0.1) is 10.0 Å². The van der Waals surface area contributed by atoms with Crippen molar-refractivity contribution in [1.29, 1.82) is 5.26 Å². The summed E-state index contributed by atoms with van der Waals surface area (Å²) >= 11 is 3.26. The van der Waals surface area contributed by atoms with E-state index in [1.165, 1.54) is 0 Å². The first-order valence-corrected chi connectivity index (χ1v) is 4.14. The molecule has 1 N–H and O–H groups in total. The molecule has 0 bridgehead atoms. The van der Waals surface area contributed by atoms with Crippen LogP contribution in [0.5, 0.6) is 0 Å². The standard InChI is InChI=1S/C8H4BrN3/c9-7-4-12-8-5(1-2-11-8)6(7)3-10/h1-2,4H,(H,11,12). The summed E-state index contributed by atoms with van der Waals surface area (Å²) in [5, 5.41) is 9.67. The summed E-state index contributed by atoms with van der Waals surface area (Å²) in [6.07, 6.45) is 3.39. The number of hydrogen-bond donors (Lipinski definition) is 1. The summed E-state index contributed by atoms with van der Waals surface area (Å²) in [4.78, 5) is 7.03. The molecule has 2 aromatic rings. The minimum Gasteiger partial charge on any atom is -0.346 e. The molecule has 4 heteroatoms. The molecule has 3 nitrogen and oxygen atoms in total. The van der Waals surface area contributed by atoms with E-state index in [9.17, 15) is 0 Å². The maximum Gasteiger partial charge on any atom is 0.138 e. The molecular formula is C8H4BrN3. The van der Waals surface area contributed by atoms with Crippen LogP contribution in [-0.2, 0) is 0 Å². The van der Waals surface area contributed by atoms with Gasteiger partial charge in [-0.05, 0) is 22.0 Å². The Labute approximate surface area is 77.2 Å². The van der Waals surface area contributed by atoms with Crippen LogP contribution in [0, 0.1) is 11.3 Å². The highest BCUT2D eigenvalue weighted by Crippen LogP contribution is 2.22. The van der Waals surface area contributed by atoms with Crippen molar-refractivity contribution < 1.29 is 0 Å². The Balaban J connectivity index is 2.94. The largest absolute Gasteiger partial charge is 0.346 e. The summed E-state index contributed by atoms with van der Waals surface area (Å²) in [5.74, 6) is 0. The number of pyridine rings is 1. The molecule has 0 spiro atoms. The molecule has 12 heavy (non-hydrogen) atoms. The monoisotopic (exact) mass is 221 g/mol. The molecule has 2 rings (SSSR count). The second kappa shape index (κ2) is 2.61. The Morgan fingerprint density at radius 2 is 2.42 bits per heavy atom. The van der Waals surface area contributed by atoms with Gasteiger partial charge in [-0.25, -0.2) is 4.98 Å². The van der Waals surface area contributed by atoms with E-state index in [0.717, 1.165) is 15.5 Å². The second-order valence-corrected chi connectivity index (χ2v) is 3.19. The number of hydrogen-bond acceptors (Lipinski definition) is 2. The van der Waals surface area contributed by atoms with Crippen LogP contribution < -0.4 is 0 Å². The molecule has 58 valence electrons. The molecule has 2 aromatic heterocycles. The van der Waals surface area contributed by atoms with Crippen molar-refractivity contribution in [1.82, 2.24) is 9.97 Å². The number of halogens is 1. The quantitative estimate of drug-likeness (QED) is 0.742. The molecular weight excluding hydrogens is 218 g/mol. The van der Waals surface area contributed by atoms with Gasteiger partial charge in [-0.15, -0.1) is 0 Å². The third-order valence-corrected chi connectivity index (χ3v) is 2.25. The van der Waals surface area contributed by atoms with E-state index in [-0.39, 0.29) is 0 Å². The maximum absolute atomic E-state index is 8.81. The fraction of sp³-hybridized carbons (Fsp3) is 0. The van der Waals surface area contributed by atoms with Crippen molar-refractivity contribution >= 4 is 27.0 Å². The van der Waals surface area contributed by atoms with Gasteiger partial charge in [-0.2, -0.15) is 5.26 Å². The minimum atomic E-state index is 0.626. The lowest BCUT2D eigenvalue weighted by Gasteiger charge is -1.94. The predicted molar refractivity (Wildman–Crippen MR) is 48.5 cm³/mol. The van der Waals surface area contributed by atoms with Crippen molar-refractivity contribution in [2.45, 2.75) is 0 Å². The van der Waals surface area contributed by atoms with Crippen molar-refractivity contribution in [3.8, 4) is 6.07 Å². The number of H-pyrrole nitrogens is 1. The van der Waals surface area contributed by atoms with Crippen LogP contribution in [0.4, 0.5) is 0 Å². The second-order valence-electron chi connectivity index (χ2n) is 2.33. The number of aromatic amines is 1. The molecule has 0 atom stereocenters. The first-order valence-electron chi connectivity index (χ1n) is 3.34. The topological polar surface area (TPSA) is 52.5 Å². The van der Waals surface area contributed by atoms with E-state index < -0.39 is 0 Å². The maximum atomic E-state index is 8.81. The van der Waals surface area contributed by atoms with Crippen molar-refractivity contribution in [2.75, 3.05) is 0 Å². The fourth-order valence-electron chi connectivity index (χ4n) is 1.10. The lowest BCUT2D eigenvalue weighted by atomic mass is 10.2. The van der Waals surface area contributed by atoms with E-state index in [2.05, 4.69) is 32.0 Å². The summed E-state index contributed by atoms with van der Waals surface area (Å²) < 4.78 is 0.733. The SMILES string of the molecule is N#Cc1c(Br)cnc2[nH]ccc12. The first kappa shape index (κ1) is 7.32. The molecule has 0 aliphatic carbocycles. The molecule has 2 heterocycles. The summed E-state index contributed by atoms with van der Waals surface area (Å²) in [7, 11) is 0. The van der Waals surface area contributed by atoms with E-state index in [1.807, 2.05) is 6.07 Å². The third-order valence-electron chi connectivity index (χ3n) is 1.65. The average molecular weight is 222 g/mol. The van der Waals surface area contributed by atoms with E-state index in [4.69, 9.17) is 5.26 Å². The molecule has 0 saturated heterocycles. The molecule has 0 amide bonds. The smallest absolute Gasteiger partial charge is 0.138 e. The van der Waals surface area contributed by atoms with Crippen molar-refractivity contribution in [3.63, 3.8) is 0 Å². The highest BCUT2D eigenvalue weighted by molar-refractivity contribution is 9.10. The summed E-state index contributed by atoms with van der Waals surface area (Å²) in [6.45, 7) is 0. The lowest BCUT2D eigenvalue weighted by molar-refractivity contribution is 1.30. The Hall–Kier alpha value is -1.34. The lowest BCUT2D eigenvalue weighted by Crippen LogP contribution is -1.82. The average Bonchev–Trinajstić information content (AvgIpc) is 2.52. The summed E-state index contributed by atoms with van der Waals surface area (Å²) in [5.41, 5.74) is 1.37. The molecule has 0 saturated carbocycles. The van der Waals surface area contributed by atoms with Crippen molar-refractivity contribution in [2.24, 2.45) is 0 Å². The number of nitrogens with one attached hydrogen (secondary N) is 1. The Bertz CT molecular complexity index is 467. The van der Waals surface area contributed by atoms with Gasteiger partial charge >= 0.3 is 0 Å². The number of nitriles is 1. The van der Waals surface area contributed by atoms with E-state index >= 15 is 0 Å². The van der Waals surface area contributed by atoms with Crippen LogP contribution in [0.2, 0.25) is 0 Å². The zero-order chi connectivity index (χ0) is 8.55. The van der Waals surface area contributed by atoms with Crippen LogP contribution in [0.3, 0.4) is 0 Å². The highest BCUT2D eigenvalue weighted by atomic mass is 79.9. The normalized spacial score (nSPS) is 10.0. The van der Waals surface area contributed by atoms with Crippen LogP contribution in [0.25, 0.3) is 11.0 Å². The van der Waals surface area contributed by atoms with Gasteiger partial charge in [0.15, 0.2) is 0 Å². The van der Waals surface area contributed by atoms with Gasteiger partial charge in [0, 0.05) is 17.8 Å². The van der Waals surface area contributed by atoms with Gasteiger partial charge in [0.2, 0.25) is 0 Å². The van der Waals surface area contributed by atoms with Gasteiger partial charge in [-0.3, -0.25) is 0 Å². The minimum absolute atomic E-state index is 0.626. The number of aromatic nitrogens is 2. The Kier molecular flexibility index (Phi) is 1.59. The van der Waals surface area contributed by atoms with E-state index in [1.54, 1.807) is 12.4 Å². The van der Waals surface area contributed by atoms with Crippen LogP contribution in [0.1, 0.15) is 5.56 Å². The number of rotatable bonds is 0. The fourth-order valence-corrected chi connectivity index (χ4v) is 1.50. The van der Waals surface area contributed by atoms with Gasteiger partial charge in [-0.1, -0.05) is 0 Å². The predicted octanol–water partition coefficient (Wildman–Crippen LogP) is 2.20. The molecule has 0 unspecified atom stereocenters. The van der Waals surface area contributed by atoms with E-state index in [0.29, 0.717) is 5.56 Å². The highest BCUT2D eigenvalue weighted by Gasteiger charge is 2.05. The Morgan fingerprint density at radius 1 is 1.58 bits per heavy atom. The van der Waals surface area contributed by atoms with Crippen LogP contribution in [0.15, 0.2) is 22.9 Å². The van der Waals surface area contributed by atoms with Crippen LogP contribution in [-0.4, -0.2) is 9.97 Å². The van der Waals surface area contributed by atoms with Crippen molar-refractivity contribution in [3.05, 3.63) is 28.5 Å². The zero-order valence-corrected chi connectivity index (χ0v) is 7.59. The van der Waals surface area contributed by atoms with Gasteiger partial charge in [0.25, 0.3) is 0 Å². The molecule has 0 aliphatic rings. The molecule has 0 aliphatic heterocycles. The number of nitrogens with zero attached hydrogens (tertiary/aromatic N) is 2. The number of fused-ring (bicyclic) bond motifs is 1. The molecule has 0 radical (unpaired) electrons. The Morgan fingerprint density at radius 3 is 3.17 bits per heavy atom. The molecule has 0 fully saturated rings. The first-order chi connectivity index (χ1) is 5.83. The van der Waals surface area contributed by atoms with Gasteiger partial charge in [0.1, 0.15) is 11.7 Å². The molecule has 0 aromatic carbocycles. The van der Waals surface area contributed by atoms with Crippen LogP contribution >= 0.6 is 15.9 Å². The third kappa shape index (κ3) is 0.908. The van der Waals surface area contributed by atoms with Gasteiger partial charge < -0.3 is 4.98 Å². The summed E-state index contributed by atoms with van der Waals surface area (Å²) in [6, 6.07) is 3.96.